The molecule has 7 heteroatoms. The molecule has 0 saturated heterocycles. The maximum atomic E-state index is 13.1. The average molecular weight is 283 g/mol. The molecule has 0 aromatic carbocycles. The lowest BCUT2D eigenvalue weighted by Crippen LogP contribution is -2.20. The summed E-state index contributed by atoms with van der Waals surface area (Å²) in [7, 11) is 1.49. The van der Waals surface area contributed by atoms with Gasteiger partial charge in [0.1, 0.15) is 15.8 Å². The lowest BCUT2D eigenvalue weighted by atomic mass is 10.3. The highest BCUT2D eigenvalue weighted by atomic mass is 32.1. The number of pyridine rings is 1. The lowest BCUT2D eigenvalue weighted by Gasteiger charge is -2.01. The normalized spacial score (nSPS) is 10.4. The van der Waals surface area contributed by atoms with E-state index >= 15 is 0 Å². The van der Waals surface area contributed by atoms with Crippen LogP contribution in [0.25, 0.3) is 10.6 Å². The van der Waals surface area contributed by atoms with Crippen molar-refractivity contribution >= 4 is 28.5 Å². The minimum Gasteiger partial charge on any atom is -0.279 e. The minimum absolute atomic E-state index is 0.389. The van der Waals surface area contributed by atoms with Crippen molar-refractivity contribution in [3.63, 3.8) is 0 Å². The van der Waals surface area contributed by atoms with Gasteiger partial charge in [0, 0.05) is 11.8 Å². The molecule has 4 nitrogen and oxygen atoms in total. The Kier molecular flexibility index (Phi) is 3.95. The summed E-state index contributed by atoms with van der Waals surface area (Å²) in [5.74, 6) is -0.389. The highest BCUT2D eigenvalue weighted by Crippen LogP contribution is 2.27. The lowest BCUT2D eigenvalue weighted by molar-refractivity contribution is 0.147. The van der Waals surface area contributed by atoms with Crippen LogP contribution in [0.2, 0.25) is 0 Å². The number of nitrogens with one attached hydrogen (secondary N) is 1. The number of hydroxylamine groups is 1. The molecule has 0 radical (unpaired) electrons. The highest BCUT2D eigenvalue weighted by molar-refractivity contribution is 7.81. The smallest absolute Gasteiger partial charge is 0.142 e. The van der Waals surface area contributed by atoms with E-state index in [-0.39, 0.29) is 5.82 Å². The Labute approximate surface area is 113 Å². The summed E-state index contributed by atoms with van der Waals surface area (Å²) in [6.07, 6.45) is 2.72. The predicted octanol–water partition coefficient (Wildman–Crippen LogP) is 2.48. The maximum Gasteiger partial charge on any atom is 0.142 e. The van der Waals surface area contributed by atoms with E-state index in [1.165, 1.54) is 24.5 Å². The van der Waals surface area contributed by atoms with Gasteiger partial charge in [-0.3, -0.25) is 15.3 Å². The molecule has 18 heavy (non-hydrogen) atoms. The van der Waals surface area contributed by atoms with Crippen LogP contribution in [-0.4, -0.2) is 22.1 Å². The second-order valence-electron chi connectivity index (χ2n) is 3.46. The molecule has 0 fully saturated rings. The summed E-state index contributed by atoms with van der Waals surface area (Å²) >= 11 is 6.51. The molecule has 0 bridgehead atoms. The van der Waals surface area contributed by atoms with Crippen LogP contribution in [-0.2, 0) is 4.84 Å². The van der Waals surface area contributed by atoms with Crippen LogP contribution in [0, 0.1) is 12.7 Å². The zero-order chi connectivity index (χ0) is 13.1. The summed E-state index contributed by atoms with van der Waals surface area (Å²) in [5.41, 5.74) is 4.00. The van der Waals surface area contributed by atoms with Crippen LogP contribution in [0.15, 0.2) is 18.5 Å². The van der Waals surface area contributed by atoms with Crippen LogP contribution < -0.4 is 5.48 Å². The number of thiocarbonyl (C=S) groups is 1. The van der Waals surface area contributed by atoms with Crippen molar-refractivity contribution < 1.29 is 9.23 Å². The first-order chi connectivity index (χ1) is 8.61. The first-order valence-electron chi connectivity index (χ1n) is 5.03. The van der Waals surface area contributed by atoms with E-state index in [1.807, 2.05) is 6.92 Å². The Balaban J connectivity index is 2.37. The first-order valence-corrected chi connectivity index (χ1v) is 6.26. The molecule has 2 rings (SSSR count). The van der Waals surface area contributed by atoms with Gasteiger partial charge in [0.15, 0.2) is 0 Å². The summed E-state index contributed by atoms with van der Waals surface area (Å²) in [6.45, 7) is 1.84. The molecule has 0 saturated carbocycles. The molecule has 94 valence electrons. The van der Waals surface area contributed by atoms with Gasteiger partial charge in [0.05, 0.1) is 23.9 Å². The monoisotopic (exact) mass is 283 g/mol. The van der Waals surface area contributed by atoms with Crippen LogP contribution in [0.4, 0.5) is 4.39 Å². The second kappa shape index (κ2) is 5.47. The van der Waals surface area contributed by atoms with Gasteiger partial charge in [-0.2, -0.15) is 0 Å². The van der Waals surface area contributed by atoms with Crippen LogP contribution in [0.1, 0.15) is 10.6 Å². The van der Waals surface area contributed by atoms with E-state index in [4.69, 9.17) is 17.1 Å². The van der Waals surface area contributed by atoms with Gasteiger partial charge in [-0.25, -0.2) is 9.37 Å². The van der Waals surface area contributed by atoms with Crippen molar-refractivity contribution in [2.75, 3.05) is 7.11 Å². The van der Waals surface area contributed by atoms with Crippen molar-refractivity contribution in [2.24, 2.45) is 0 Å². The van der Waals surface area contributed by atoms with Crippen molar-refractivity contribution in [2.45, 2.75) is 6.92 Å². The second-order valence-corrected chi connectivity index (χ2v) is 4.87. The number of halogens is 1. The molecular weight excluding hydrogens is 273 g/mol. The Bertz CT molecular complexity index is 585. The molecular formula is C11H10FN3OS2. The Morgan fingerprint density at radius 1 is 1.50 bits per heavy atom. The third kappa shape index (κ3) is 2.69. The van der Waals surface area contributed by atoms with E-state index in [1.54, 1.807) is 6.20 Å². The van der Waals surface area contributed by atoms with Crippen molar-refractivity contribution in [3.05, 3.63) is 34.8 Å². The van der Waals surface area contributed by atoms with E-state index in [0.29, 0.717) is 15.6 Å². The molecule has 2 aromatic heterocycles. The average Bonchev–Trinajstić information content (AvgIpc) is 2.72. The molecule has 0 atom stereocenters. The number of hydrogen-bond donors (Lipinski definition) is 1. The SMILES string of the molecule is CONC(=S)c1sc(-c2cncc(F)c2)nc1C. The number of hydrogen-bond acceptors (Lipinski definition) is 5. The first kappa shape index (κ1) is 13.0. The molecule has 0 amide bonds. The van der Waals surface area contributed by atoms with Gasteiger partial charge in [0.2, 0.25) is 0 Å². The van der Waals surface area contributed by atoms with Gasteiger partial charge in [0.25, 0.3) is 0 Å². The zero-order valence-corrected chi connectivity index (χ0v) is 11.4. The van der Waals surface area contributed by atoms with Gasteiger partial charge in [-0.1, -0.05) is 12.2 Å². The van der Waals surface area contributed by atoms with Crippen LogP contribution in [0.5, 0.6) is 0 Å². The van der Waals surface area contributed by atoms with Gasteiger partial charge in [-0.15, -0.1) is 11.3 Å². The zero-order valence-electron chi connectivity index (χ0n) is 9.73. The van der Waals surface area contributed by atoms with Gasteiger partial charge in [-0.05, 0) is 13.0 Å². The van der Waals surface area contributed by atoms with Crippen LogP contribution in [0.3, 0.4) is 0 Å². The van der Waals surface area contributed by atoms with Crippen molar-refractivity contribution in [1.29, 1.82) is 0 Å². The Morgan fingerprint density at radius 2 is 2.28 bits per heavy atom. The molecule has 0 aliphatic heterocycles. The number of nitrogens with zero attached hydrogens (tertiary/aromatic N) is 2. The Morgan fingerprint density at radius 3 is 2.94 bits per heavy atom. The van der Waals surface area contributed by atoms with Crippen LogP contribution >= 0.6 is 23.6 Å². The van der Waals surface area contributed by atoms with Crippen molar-refractivity contribution in [3.8, 4) is 10.6 Å². The van der Waals surface area contributed by atoms with E-state index in [9.17, 15) is 4.39 Å². The summed E-state index contributed by atoms with van der Waals surface area (Å²) < 4.78 is 13.1. The molecule has 0 aliphatic carbocycles. The fourth-order valence-electron chi connectivity index (χ4n) is 1.40. The summed E-state index contributed by atoms with van der Waals surface area (Å²) in [5, 5.41) is 0.676. The quantitative estimate of drug-likeness (QED) is 0.692. The predicted molar refractivity (Wildman–Crippen MR) is 71.9 cm³/mol. The number of thiazole rings is 1. The number of aromatic nitrogens is 2. The maximum absolute atomic E-state index is 13.1. The fraction of sp³-hybridized carbons (Fsp3) is 0.182. The minimum atomic E-state index is -0.389. The van der Waals surface area contributed by atoms with E-state index < -0.39 is 0 Å². The molecule has 2 aromatic rings. The van der Waals surface area contributed by atoms with Crippen molar-refractivity contribution in [1.82, 2.24) is 15.4 Å². The molecule has 2 heterocycles. The summed E-state index contributed by atoms with van der Waals surface area (Å²) in [4.78, 5) is 14.2. The van der Waals surface area contributed by atoms with Gasteiger partial charge < -0.3 is 0 Å². The van der Waals surface area contributed by atoms with E-state index in [0.717, 1.165) is 16.8 Å². The highest BCUT2D eigenvalue weighted by Gasteiger charge is 2.13. The topological polar surface area (TPSA) is 47.0 Å². The standard InChI is InChI=1S/C11H10FN3OS2/c1-6-9(10(17)15-16-2)18-11(14-6)7-3-8(12)5-13-4-7/h3-5H,1-2H3,(H,15,17). The fourth-order valence-corrected chi connectivity index (χ4v) is 2.69. The third-order valence-electron chi connectivity index (χ3n) is 2.15. The third-order valence-corrected chi connectivity index (χ3v) is 3.79. The molecule has 0 unspecified atom stereocenters. The number of rotatable bonds is 3. The van der Waals surface area contributed by atoms with E-state index in [2.05, 4.69) is 15.4 Å². The molecule has 0 aliphatic rings. The Hall–Kier alpha value is -1.44. The van der Waals surface area contributed by atoms with Gasteiger partial charge >= 0.3 is 0 Å². The summed E-state index contributed by atoms with van der Waals surface area (Å²) in [6, 6.07) is 1.39. The molecule has 1 N–H and O–H groups in total. The number of aryl methyl sites for hydroxylation is 1. The largest absolute Gasteiger partial charge is 0.279 e. The molecule has 0 spiro atoms.